The van der Waals surface area contributed by atoms with E-state index in [9.17, 15) is 14.7 Å². The van der Waals surface area contributed by atoms with Gasteiger partial charge in [0.15, 0.2) is 17.3 Å². The molecular formula is C28H24N2O7. The minimum Gasteiger partial charge on any atom is -0.507 e. The third-order valence-corrected chi connectivity index (χ3v) is 6.33. The minimum atomic E-state index is -1.05. The van der Waals surface area contributed by atoms with Crippen LogP contribution >= 0.6 is 0 Å². The molecule has 2 heterocycles. The van der Waals surface area contributed by atoms with Gasteiger partial charge in [0.05, 0.1) is 32.9 Å². The first kappa shape index (κ1) is 23.9. The SMILES string of the molecule is COc1cc([C@@H]2/C(=C(\O)c3ccc4ccccc4c3)C(=O)C(=O)N2c2cc(C)on2)cc(OC)c1OC. The normalized spacial score (nSPS) is 16.9. The fraction of sp³-hybridized carbons (Fsp3) is 0.179. The van der Waals surface area contributed by atoms with Gasteiger partial charge in [-0.05, 0) is 41.5 Å². The molecule has 1 aliphatic rings. The second kappa shape index (κ2) is 9.34. The molecule has 1 amide bonds. The van der Waals surface area contributed by atoms with Crippen molar-refractivity contribution in [3.8, 4) is 17.2 Å². The Hall–Kier alpha value is -4.79. The van der Waals surface area contributed by atoms with Crippen molar-refractivity contribution in [2.75, 3.05) is 26.2 Å². The lowest BCUT2D eigenvalue weighted by atomic mass is 9.94. The van der Waals surface area contributed by atoms with E-state index in [2.05, 4.69) is 5.16 Å². The average Bonchev–Trinajstić information content (AvgIpc) is 3.46. The van der Waals surface area contributed by atoms with Crippen LogP contribution in [0.2, 0.25) is 0 Å². The molecular weight excluding hydrogens is 476 g/mol. The number of methoxy groups -OCH3 is 3. The number of fused-ring (bicyclic) bond motifs is 1. The maximum atomic E-state index is 13.4. The van der Waals surface area contributed by atoms with E-state index in [1.165, 1.54) is 26.2 Å². The van der Waals surface area contributed by atoms with Crippen LogP contribution in [-0.4, -0.2) is 43.3 Å². The van der Waals surface area contributed by atoms with Crippen LogP contribution in [0.25, 0.3) is 16.5 Å². The zero-order chi connectivity index (χ0) is 26.3. The standard InChI is InChI=1S/C28H24N2O7/c1-15-11-22(29-37-15)30-24(19-13-20(34-2)27(36-4)21(14-19)35-3)23(26(32)28(30)33)25(31)18-10-9-16-7-5-6-8-17(16)12-18/h5-14,24,31H,1-4H3/b25-23+/t24-/m1/s1. The highest BCUT2D eigenvalue weighted by Gasteiger charge is 2.48. The second-order valence-corrected chi connectivity index (χ2v) is 8.49. The molecule has 1 fully saturated rings. The smallest absolute Gasteiger partial charge is 0.301 e. The summed E-state index contributed by atoms with van der Waals surface area (Å²) in [6, 6.07) is 16.7. The Bertz CT molecular complexity index is 1540. The molecule has 0 saturated carbocycles. The van der Waals surface area contributed by atoms with E-state index in [0.717, 1.165) is 10.8 Å². The number of aromatic nitrogens is 1. The monoisotopic (exact) mass is 500 g/mol. The number of hydrogen-bond acceptors (Lipinski definition) is 8. The highest BCUT2D eigenvalue weighted by molar-refractivity contribution is 6.51. The summed E-state index contributed by atoms with van der Waals surface area (Å²) >= 11 is 0. The molecule has 0 unspecified atom stereocenters. The molecule has 1 atom stereocenters. The average molecular weight is 501 g/mol. The molecule has 4 aromatic rings. The summed E-state index contributed by atoms with van der Waals surface area (Å²) < 4.78 is 21.6. The van der Waals surface area contributed by atoms with Crippen LogP contribution in [0.1, 0.15) is 22.9 Å². The number of amides is 1. The number of ether oxygens (including phenoxy) is 3. The summed E-state index contributed by atoms with van der Waals surface area (Å²) in [5.41, 5.74) is 0.734. The predicted octanol–water partition coefficient (Wildman–Crippen LogP) is 4.79. The lowest BCUT2D eigenvalue weighted by molar-refractivity contribution is -0.132. The van der Waals surface area contributed by atoms with E-state index in [1.807, 2.05) is 30.3 Å². The van der Waals surface area contributed by atoms with Gasteiger partial charge in [0.25, 0.3) is 5.78 Å². The number of anilines is 1. The van der Waals surface area contributed by atoms with Crippen molar-refractivity contribution in [3.63, 3.8) is 0 Å². The van der Waals surface area contributed by atoms with Crippen molar-refractivity contribution in [2.45, 2.75) is 13.0 Å². The van der Waals surface area contributed by atoms with Crippen LogP contribution in [0.4, 0.5) is 5.82 Å². The second-order valence-electron chi connectivity index (χ2n) is 8.49. The van der Waals surface area contributed by atoms with Gasteiger partial charge < -0.3 is 23.8 Å². The highest BCUT2D eigenvalue weighted by atomic mass is 16.5. The third kappa shape index (κ3) is 3.94. The first-order valence-electron chi connectivity index (χ1n) is 11.4. The molecule has 1 N–H and O–H groups in total. The Morgan fingerprint density at radius 3 is 2.19 bits per heavy atom. The summed E-state index contributed by atoms with van der Waals surface area (Å²) in [5, 5.41) is 17.3. The Morgan fingerprint density at radius 1 is 0.919 bits per heavy atom. The number of nitrogens with zero attached hydrogens (tertiary/aromatic N) is 2. The number of ketones is 1. The summed E-state index contributed by atoms with van der Waals surface area (Å²) in [6.07, 6.45) is 0. The van der Waals surface area contributed by atoms with E-state index >= 15 is 0 Å². The van der Waals surface area contributed by atoms with E-state index in [4.69, 9.17) is 18.7 Å². The molecule has 3 aromatic carbocycles. The third-order valence-electron chi connectivity index (χ3n) is 6.33. The van der Waals surface area contributed by atoms with Gasteiger partial charge in [0.1, 0.15) is 11.5 Å². The first-order valence-corrected chi connectivity index (χ1v) is 11.4. The number of aryl methyl sites for hydroxylation is 1. The van der Waals surface area contributed by atoms with Crippen LogP contribution in [0.15, 0.2) is 70.8 Å². The number of aliphatic hydroxyl groups is 1. The zero-order valence-corrected chi connectivity index (χ0v) is 20.6. The number of benzene rings is 3. The quantitative estimate of drug-likeness (QED) is 0.229. The number of aliphatic hydroxyl groups excluding tert-OH is 1. The number of carbonyl (C=O) groups excluding carboxylic acids is 2. The largest absolute Gasteiger partial charge is 0.507 e. The molecule has 1 aliphatic heterocycles. The molecule has 0 bridgehead atoms. The van der Waals surface area contributed by atoms with Crippen LogP contribution in [0.3, 0.4) is 0 Å². The Labute approximate surface area is 212 Å². The number of rotatable bonds is 6. The number of Topliss-reactive ketones (excluding diaryl/α,β-unsaturated/α-hetero) is 1. The van der Waals surface area contributed by atoms with Gasteiger partial charge in [-0.2, -0.15) is 0 Å². The van der Waals surface area contributed by atoms with E-state index < -0.39 is 17.7 Å². The maximum absolute atomic E-state index is 13.4. The van der Waals surface area contributed by atoms with Gasteiger partial charge in [-0.1, -0.05) is 41.6 Å². The van der Waals surface area contributed by atoms with E-state index in [1.54, 1.807) is 37.3 Å². The van der Waals surface area contributed by atoms with Gasteiger partial charge >= 0.3 is 5.91 Å². The highest BCUT2D eigenvalue weighted by Crippen LogP contribution is 2.47. The van der Waals surface area contributed by atoms with Gasteiger partial charge in [-0.3, -0.25) is 14.5 Å². The summed E-state index contributed by atoms with van der Waals surface area (Å²) in [5.74, 6) is -0.442. The van der Waals surface area contributed by atoms with Crippen molar-refractivity contribution in [1.82, 2.24) is 5.16 Å². The van der Waals surface area contributed by atoms with E-state index in [-0.39, 0.29) is 17.2 Å². The topological polar surface area (TPSA) is 111 Å². The molecule has 9 nitrogen and oxygen atoms in total. The van der Waals surface area contributed by atoms with Crippen LogP contribution in [0.5, 0.6) is 17.2 Å². The summed E-state index contributed by atoms with van der Waals surface area (Å²) in [6.45, 7) is 1.68. The molecule has 9 heteroatoms. The number of hydrogen-bond donors (Lipinski definition) is 1. The van der Waals surface area contributed by atoms with Gasteiger partial charge in [-0.15, -0.1) is 0 Å². The van der Waals surface area contributed by atoms with Crippen molar-refractivity contribution in [3.05, 3.63) is 83.1 Å². The van der Waals surface area contributed by atoms with Crippen LogP contribution in [-0.2, 0) is 9.59 Å². The van der Waals surface area contributed by atoms with Crippen molar-refractivity contribution in [1.29, 1.82) is 0 Å². The van der Waals surface area contributed by atoms with Gasteiger partial charge in [0.2, 0.25) is 5.75 Å². The Morgan fingerprint density at radius 2 is 1.59 bits per heavy atom. The number of carbonyl (C=O) groups is 2. The van der Waals surface area contributed by atoms with Crippen molar-refractivity contribution in [2.24, 2.45) is 0 Å². The van der Waals surface area contributed by atoms with Crippen LogP contribution < -0.4 is 19.1 Å². The fourth-order valence-electron chi connectivity index (χ4n) is 4.60. The van der Waals surface area contributed by atoms with E-state index in [0.29, 0.717) is 34.1 Å². The van der Waals surface area contributed by atoms with Crippen molar-refractivity contribution < 1.29 is 33.4 Å². The molecule has 5 rings (SSSR count). The first-order chi connectivity index (χ1) is 17.9. The molecule has 1 aromatic heterocycles. The zero-order valence-electron chi connectivity index (χ0n) is 20.6. The van der Waals surface area contributed by atoms with Gasteiger partial charge in [-0.25, -0.2) is 0 Å². The molecule has 37 heavy (non-hydrogen) atoms. The van der Waals surface area contributed by atoms with Crippen LogP contribution in [0, 0.1) is 6.92 Å². The maximum Gasteiger partial charge on any atom is 0.301 e. The fourth-order valence-corrected chi connectivity index (χ4v) is 4.60. The molecule has 1 saturated heterocycles. The molecule has 0 radical (unpaired) electrons. The lowest BCUT2D eigenvalue weighted by Crippen LogP contribution is -2.29. The summed E-state index contributed by atoms with van der Waals surface area (Å²) in [4.78, 5) is 28.0. The van der Waals surface area contributed by atoms with Crippen molar-refractivity contribution >= 4 is 34.0 Å². The Kier molecular flexibility index (Phi) is 6.04. The molecule has 0 aliphatic carbocycles. The van der Waals surface area contributed by atoms with Gasteiger partial charge in [0, 0.05) is 11.6 Å². The lowest BCUT2D eigenvalue weighted by Gasteiger charge is -2.24. The molecule has 188 valence electrons. The summed E-state index contributed by atoms with van der Waals surface area (Å²) in [7, 11) is 4.41. The Balaban J connectivity index is 1.77. The predicted molar refractivity (Wildman–Crippen MR) is 136 cm³/mol. The molecule has 0 spiro atoms. The minimum absolute atomic E-state index is 0.102.